The van der Waals surface area contributed by atoms with Gasteiger partial charge >= 0.3 is 5.97 Å². The number of phenolic OH excluding ortho intramolecular Hbond substituents is 1. The maximum absolute atomic E-state index is 12.3. The Morgan fingerprint density at radius 2 is 1.93 bits per heavy atom. The van der Waals surface area contributed by atoms with Crippen LogP contribution in [0.15, 0.2) is 54.6 Å². The van der Waals surface area contributed by atoms with Crippen LogP contribution in [0.25, 0.3) is 0 Å². The Morgan fingerprint density at radius 3 is 2.53 bits per heavy atom. The normalized spacial score (nSPS) is 25.4. The minimum Gasteiger partial charge on any atom is -0.508 e. The highest BCUT2D eigenvalue weighted by Crippen LogP contribution is 2.41. The van der Waals surface area contributed by atoms with Gasteiger partial charge in [-0.1, -0.05) is 63.2 Å². The summed E-state index contributed by atoms with van der Waals surface area (Å²) in [5.41, 5.74) is 1.51. The number of carbonyl (C=O) groups is 1. The monoisotopic (exact) mass is 409 g/mol. The lowest BCUT2D eigenvalue weighted by molar-refractivity contribution is -0.153. The first-order chi connectivity index (χ1) is 14.1. The maximum atomic E-state index is 12.3. The lowest BCUT2D eigenvalue weighted by Crippen LogP contribution is -2.53. The maximum Gasteiger partial charge on any atom is 0.310 e. The SMILES string of the molecule is C[C@H]1CN(C[C@](C)(C(=O)O)[C@@H](C)Cc2ccccc2)CC[C@@]1(C)c1cccc(O)c1. The van der Waals surface area contributed by atoms with E-state index in [4.69, 9.17) is 0 Å². The predicted octanol–water partition coefficient (Wildman–Crippen LogP) is 4.96. The molecule has 0 amide bonds. The van der Waals surface area contributed by atoms with Gasteiger partial charge in [0.2, 0.25) is 0 Å². The zero-order valence-corrected chi connectivity index (χ0v) is 18.6. The minimum atomic E-state index is -0.811. The molecule has 1 fully saturated rings. The first-order valence-corrected chi connectivity index (χ1v) is 10.9. The third-order valence-corrected chi connectivity index (χ3v) is 7.59. The molecule has 4 heteroatoms. The van der Waals surface area contributed by atoms with E-state index in [1.807, 2.05) is 37.3 Å². The summed E-state index contributed by atoms with van der Waals surface area (Å²) in [4.78, 5) is 14.7. The molecule has 0 bridgehead atoms. The van der Waals surface area contributed by atoms with Gasteiger partial charge in [-0.25, -0.2) is 0 Å². The van der Waals surface area contributed by atoms with Crippen molar-refractivity contribution >= 4 is 5.97 Å². The Bertz CT molecular complexity index is 868. The molecule has 0 aromatic heterocycles. The van der Waals surface area contributed by atoms with Crippen molar-refractivity contribution in [3.63, 3.8) is 0 Å². The number of carboxylic acid groups (broad SMARTS) is 1. The smallest absolute Gasteiger partial charge is 0.310 e. The summed E-state index contributed by atoms with van der Waals surface area (Å²) in [6.07, 6.45) is 1.70. The second kappa shape index (κ2) is 8.81. The van der Waals surface area contributed by atoms with E-state index >= 15 is 0 Å². The lowest BCUT2D eigenvalue weighted by atomic mass is 9.67. The molecule has 4 nitrogen and oxygen atoms in total. The fourth-order valence-corrected chi connectivity index (χ4v) is 4.84. The van der Waals surface area contributed by atoms with Crippen LogP contribution >= 0.6 is 0 Å². The molecule has 2 N–H and O–H groups in total. The number of hydrogen-bond donors (Lipinski definition) is 2. The van der Waals surface area contributed by atoms with Gasteiger partial charge < -0.3 is 15.1 Å². The summed E-state index contributed by atoms with van der Waals surface area (Å²) in [7, 11) is 0. The number of aromatic hydroxyl groups is 1. The Balaban J connectivity index is 1.72. The molecule has 2 aromatic rings. The third-order valence-electron chi connectivity index (χ3n) is 7.59. The molecule has 0 saturated carbocycles. The van der Waals surface area contributed by atoms with Crippen molar-refractivity contribution in [1.29, 1.82) is 0 Å². The number of piperidine rings is 1. The molecule has 2 aromatic carbocycles. The largest absolute Gasteiger partial charge is 0.508 e. The van der Waals surface area contributed by atoms with Crippen LogP contribution in [-0.2, 0) is 16.6 Å². The summed E-state index contributed by atoms with van der Waals surface area (Å²) in [6.45, 7) is 10.7. The average Bonchev–Trinajstić information content (AvgIpc) is 2.71. The van der Waals surface area contributed by atoms with E-state index in [9.17, 15) is 15.0 Å². The van der Waals surface area contributed by atoms with Crippen molar-refractivity contribution in [2.45, 2.75) is 46.0 Å². The molecule has 30 heavy (non-hydrogen) atoms. The summed E-state index contributed by atoms with van der Waals surface area (Å²) < 4.78 is 0. The van der Waals surface area contributed by atoms with E-state index in [1.54, 1.807) is 6.07 Å². The van der Waals surface area contributed by atoms with Crippen molar-refractivity contribution in [2.75, 3.05) is 19.6 Å². The molecule has 1 aliphatic heterocycles. The predicted molar refractivity (Wildman–Crippen MR) is 121 cm³/mol. The minimum absolute atomic E-state index is 0.0205. The van der Waals surface area contributed by atoms with Gasteiger partial charge in [-0.05, 0) is 66.8 Å². The van der Waals surface area contributed by atoms with Crippen molar-refractivity contribution in [3.8, 4) is 5.75 Å². The number of carboxylic acids is 1. The first-order valence-electron chi connectivity index (χ1n) is 10.9. The van der Waals surface area contributed by atoms with Crippen LogP contribution in [0.4, 0.5) is 0 Å². The molecule has 1 aliphatic rings. The molecule has 0 spiro atoms. The van der Waals surface area contributed by atoms with Crippen molar-refractivity contribution in [3.05, 3.63) is 65.7 Å². The van der Waals surface area contributed by atoms with E-state index in [-0.39, 0.29) is 11.3 Å². The van der Waals surface area contributed by atoms with E-state index in [0.29, 0.717) is 18.2 Å². The van der Waals surface area contributed by atoms with Crippen molar-refractivity contribution < 1.29 is 15.0 Å². The Hall–Kier alpha value is -2.33. The molecule has 0 aliphatic carbocycles. The quantitative estimate of drug-likeness (QED) is 0.678. The van der Waals surface area contributed by atoms with Crippen LogP contribution in [0, 0.1) is 17.3 Å². The number of hydrogen-bond acceptors (Lipinski definition) is 3. The van der Waals surface area contributed by atoms with Crippen LogP contribution in [0.5, 0.6) is 5.75 Å². The van der Waals surface area contributed by atoms with Gasteiger partial charge in [0.1, 0.15) is 5.75 Å². The molecular weight excluding hydrogens is 374 g/mol. The van der Waals surface area contributed by atoms with E-state index in [0.717, 1.165) is 31.5 Å². The molecule has 1 saturated heterocycles. The lowest BCUT2D eigenvalue weighted by Gasteiger charge is -2.47. The molecule has 0 unspecified atom stereocenters. The van der Waals surface area contributed by atoms with Crippen LogP contribution in [0.1, 0.15) is 45.2 Å². The first kappa shape index (κ1) is 22.4. The highest BCUT2D eigenvalue weighted by molar-refractivity contribution is 5.75. The topological polar surface area (TPSA) is 60.8 Å². The number of phenols is 1. The summed E-state index contributed by atoms with van der Waals surface area (Å²) >= 11 is 0. The van der Waals surface area contributed by atoms with Crippen LogP contribution < -0.4 is 0 Å². The van der Waals surface area contributed by atoms with Gasteiger partial charge in [-0.2, -0.15) is 0 Å². The number of aliphatic carboxylic acids is 1. The fraction of sp³-hybridized carbons (Fsp3) is 0.500. The van der Waals surface area contributed by atoms with Gasteiger partial charge in [-0.3, -0.25) is 4.79 Å². The van der Waals surface area contributed by atoms with Gasteiger partial charge in [0.15, 0.2) is 0 Å². The summed E-state index contributed by atoms with van der Waals surface area (Å²) in [5, 5.41) is 20.1. The average molecular weight is 410 g/mol. The molecule has 4 atom stereocenters. The van der Waals surface area contributed by atoms with E-state index in [1.165, 1.54) is 5.56 Å². The van der Waals surface area contributed by atoms with Crippen LogP contribution in [-0.4, -0.2) is 40.7 Å². The van der Waals surface area contributed by atoms with Gasteiger partial charge in [0.25, 0.3) is 0 Å². The van der Waals surface area contributed by atoms with Gasteiger partial charge in [0.05, 0.1) is 5.41 Å². The second-order valence-corrected chi connectivity index (χ2v) is 9.67. The molecule has 3 rings (SSSR count). The number of rotatable bonds is 7. The number of likely N-dealkylation sites (tertiary alicyclic amines) is 1. The second-order valence-electron chi connectivity index (χ2n) is 9.67. The van der Waals surface area contributed by atoms with Crippen LogP contribution in [0.2, 0.25) is 0 Å². The van der Waals surface area contributed by atoms with Gasteiger partial charge in [0, 0.05) is 13.1 Å². The van der Waals surface area contributed by atoms with Gasteiger partial charge in [-0.15, -0.1) is 0 Å². The Kier molecular flexibility index (Phi) is 6.56. The Morgan fingerprint density at radius 1 is 1.23 bits per heavy atom. The number of nitrogens with zero attached hydrogens (tertiary/aromatic N) is 1. The van der Waals surface area contributed by atoms with E-state index < -0.39 is 11.4 Å². The highest BCUT2D eigenvalue weighted by atomic mass is 16.4. The molecule has 0 radical (unpaired) electrons. The van der Waals surface area contributed by atoms with Crippen molar-refractivity contribution in [2.24, 2.45) is 17.3 Å². The standard InChI is InChI=1S/C26H35NO3/c1-19(15-21-9-6-5-7-10-21)26(4,24(29)30)18-27-14-13-25(3,20(2)17-27)22-11-8-12-23(28)16-22/h5-12,16,19-20,28H,13-15,17-18H2,1-4H3,(H,29,30)/t19-,20-,25+,26-/m0/s1. The number of benzene rings is 2. The molecule has 1 heterocycles. The van der Waals surface area contributed by atoms with E-state index in [2.05, 4.69) is 43.9 Å². The molecular formula is C26H35NO3. The summed E-state index contributed by atoms with van der Waals surface area (Å²) in [5.74, 6) is -0.0425. The zero-order chi connectivity index (χ0) is 21.9. The fourth-order valence-electron chi connectivity index (χ4n) is 4.84. The van der Waals surface area contributed by atoms with Crippen molar-refractivity contribution in [1.82, 2.24) is 4.90 Å². The third kappa shape index (κ3) is 4.54. The van der Waals surface area contributed by atoms with Crippen LogP contribution in [0.3, 0.4) is 0 Å². The zero-order valence-electron chi connectivity index (χ0n) is 18.6. The Labute approximate surface area is 180 Å². The summed E-state index contributed by atoms with van der Waals surface area (Å²) in [6, 6.07) is 17.7. The highest BCUT2D eigenvalue weighted by Gasteiger charge is 2.44. The molecule has 162 valence electrons.